The molecule has 2 heterocycles. The first-order valence-corrected chi connectivity index (χ1v) is 5.59. The van der Waals surface area contributed by atoms with E-state index in [0.29, 0.717) is 6.79 Å². The van der Waals surface area contributed by atoms with Gasteiger partial charge < -0.3 is 36.1 Å². The third-order valence-corrected chi connectivity index (χ3v) is 3.32. The molecule has 3 rings (SSSR count). The number of methoxy groups -OCH3 is 1. The molecule has 0 bridgehead atoms. The summed E-state index contributed by atoms with van der Waals surface area (Å²) in [5.74, 6) is 2.47. The number of halogens is 1. The Bertz CT molecular complexity index is 436. The van der Waals surface area contributed by atoms with E-state index in [1.807, 2.05) is 0 Å². The molecule has 17 heavy (non-hydrogen) atoms. The smallest absolute Gasteiger partial charge is 0.231 e. The molecule has 5 heteroatoms. The lowest BCUT2D eigenvalue weighted by molar-refractivity contribution is -0.895. The number of nitrogens with one attached hydrogen (secondary N) is 1. The van der Waals surface area contributed by atoms with Crippen LogP contribution in [0, 0.1) is 0 Å². The Morgan fingerprint density at radius 2 is 2.18 bits per heavy atom. The zero-order chi connectivity index (χ0) is 11.1. The molecule has 0 aromatic heterocycles. The molecule has 1 N–H and O–H groups in total. The van der Waals surface area contributed by atoms with E-state index in [1.54, 1.807) is 7.11 Å². The average molecular weight is 302 g/mol. The van der Waals surface area contributed by atoms with Crippen molar-refractivity contribution >= 4 is 0 Å². The van der Waals surface area contributed by atoms with Crippen LogP contribution < -0.4 is 36.1 Å². The van der Waals surface area contributed by atoms with Crippen molar-refractivity contribution < 1.29 is 36.1 Å². The number of rotatable bonds is 1. The van der Waals surface area contributed by atoms with Crippen LogP contribution in [0.15, 0.2) is 6.07 Å². The highest BCUT2D eigenvalue weighted by atomic mass is 79.9. The van der Waals surface area contributed by atoms with Gasteiger partial charge in [0.05, 0.1) is 26.3 Å². The molecule has 0 saturated carbocycles. The number of hydrogen-bond donors (Lipinski definition) is 1. The van der Waals surface area contributed by atoms with Crippen LogP contribution in [0.1, 0.15) is 11.1 Å². The van der Waals surface area contributed by atoms with Gasteiger partial charge in [-0.1, -0.05) is 0 Å². The number of hydrogen-bond acceptors (Lipinski definition) is 3. The first kappa shape index (κ1) is 12.5. The van der Waals surface area contributed by atoms with E-state index in [4.69, 9.17) is 14.2 Å². The fourth-order valence-corrected chi connectivity index (χ4v) is 2.47. The summed E-state index contributed by atoms with van der Waals surface area (Å²) in [6.07, 6.45) is 1.08. The van der Waals surface area contributed by atoms with E-state index in [0.717, 1.165) is 36.8 Å². The molecule has 94 valence electrons. The van der Waals surface area contributed by atoms with Crippen LogP contribution in [-0.4, -0.2) is 27.5 Å². The molecule has 1 unspecified atom stereocenters. The Balaban J connectivity index is 0.00000108. The molecule has 0 fully saturated rings. The van der Waals surface area contributed by atoms with E-state index in [9.17, 15) is 0 Å². The molecule has 1 aromatic carbocycles. The standard InChI is InChI=1S/C12H15NO3.BrH/c1-13-4-3-8-5-10-12(16-7-15-10)11(14-2)9(8)6-13;/h5H,3-4,6-7H2,1-2H3;1H. The highest BCUT2D eigenvalue weighted by molar-refractivity contribution is 5.60. The predicted octanol–water partition coefficient (Wildman–Crippen LogP) is -3.00. The van der Waals surface area contributed by atoms with Gasteiger partial charge in [-0.05, 0) is 11.6 Å². The van der Waals surface area contributed by atoms with Crippen molar-refractivity contribution in [1.82, 2.24) is 0 Å². The van der Waals surface area contributed by atoms with Crippen molar-refractivity contribution in [3.63, 3.8) is 0 Å². The third kappa shape index (κ3) is 1.98. The summed E-state index contributed by atoms with van der Waals surface area (Å²) in [5.41, 5.74) is 2.61. The summed E-state index contributed by atoms with van der Waals surface area (Å²) in [4.78, 5) is 1.50. The van der Waals surface area contributed by atoms with E-state index in [1.165, 1.54) is 16.0 Å². The van der Waals surface area contributed by atoms with E-state index < -0.39 is 0 Å². The van der Waals surface area contributed by atoms with Crippen LogP contribution >= 0.6 is 0 Å². The van der Waals surface area contributed by atoms with Crippen LogP contribution in [0.2, 0.25) is 0 Å². The normalized spacial score (nSPS) is 20.5. The van der Waals surface area contributed by atoms with Gasteiger partial charge in [-0.2, -0.15) is 0 Å². The predicted molar refractivity (Wildman–Crippen MR) is 58.3 cm³/mol. The summed E-state index contributed by atoms with van der Waals surface area (Å²) < 4.78 is 16.4. The van der Waals surface area contributed by atoms with Gasteiger partial charge in [0.15, 0.2) is 11.5 Å². The van der Waals surface area contributed by atoms with Gasteiger partial charge >= 0.3 is 0 Å². The van der Waals surface area contributed by atoms with Gasteiger partial charge in [0.2, 0.25) is 12.5 Å². The van der Waals surface area contributed by atoms with Gasteiger partial charge in [0, 0.05) is 6.42 Å². The second-order valence-electron chi connectivity index (χ2n) is 4.42. The van der Waals surface area contributed by atoms with E-state index >= 15 is 0 Å². The second-order valence-corrected chi connectivity index (χ2v) is 4.42. The van der Waals surface area contributed by atoms with Gasteiger partial charge in [0.25, 0.3) is 0 Å². The molecule has 1 aromatic rings. The van der Waals surface area contributed by atoms with Crippen LogP contribution in [0.3, 0.4) is 0 Å². The van der Waals surface area contributed by atoms with Crippen molar-refractivity contribution in [3.05, 3.63) is 17.2 Å². The number of likely N-dealkylation sites (N-methyl/N-ethyl adjacent to an activating group) is 1. The quantitative estimate of drug-likeness (QED) is 0.600. The molecule has 0 amide bonds. The van der Waals surface area contributed by atoms with Gasteiger partial charge in [-0.25, -0.2) is 0 Å². The molecule has 0 saturated heterocycles. The molecular formula is C12H16BrNO3. The largest absolute Gasteiger partial charge is 1.00 e. The van der Waals surface area contributed by atoms with Gasteiger partial charge in [-0.3, -0.25) is 0 Å². The Labute approximate surface area is 111 Å². The molecule has 2 aliphatic heterocycles. The summed E-state index contributed by atoms with van der Waals surface area (Å²) in [6.45, 7) is 2.46. The first-order chi connectivity index (χ1) is 7.79. The number of ether oxygens (including phenoxy) is 3. The van der Waals surface area contributed by atoms with Gasteiger partial charge in [-0.15, -0.1) is 0 Å². The molecule has 4 nitrogen and oxygen atoms in total. The SMILES string of the molecule is COc1c2c(cc3c1OCO3)CC[NH+](C)C2.[Br-]. The number of quaternary nitrogens is 1. The summed E-state index contributed by atoms with van der Waals surface area (Å²) in [7, 11) is 3.90. The minimum absolute atomic E-state index is 0. The monoisotopic (exact) mass is 301 g/mol. The minimum Gasteiger partial charge on any atom is -1.00 e. The molecular weight excluding hydrogens is 286 g/mol. The minimum atomic E-state index is 0. The van der Waals surface area contributed by atoms with E-state index in [2.05, 4.69) is 13.1 Å². The second kappa shape index (κ2) is 4.74. The summed E-state index contributed by atoms with van der Waals surface area (Å²) in [6, 6.07) is 2.10. The zero-order valence-corrected chi connectivity index (χ0v) is 11.6. The van der Waals surface area contributed by atoms with Crippen LogP contribution in [0.25, 0.3) is 0 Å². The Morgan fingerprint density at radius 1 is 1.35 bits per heavy atom. The maximum atomic E-state index is 5.49. The van der Waals surface area contributed by atoms with Crippen molar-refractivity contribution in [3.8, 4) is 17.2 Å². The maximum absolute atomic E-state index is 5.49. The summed E-state index contributed by atoms with van der Waals surface area (Å²) >= 11 is 0. The maximum Gasteiger partial charge on any atom is 0.231 e. The van der Waals surface area contributed by atoms with Crippen LogP contribution in [-0.2, 0) is 13.0 Å². The topological polar surface area (TPSA) is 32.1 Å². The Morgan fingerprint density at radius 3 is 2.94 bits per heavy atom. The van der Waals surface area contributed by atoms with Crippen LogP contribution in [0.5, 0.6) is 17.2 Å². The van der Waals surface area contributed by atoms with Crippen molar-refractivity contribution in [2.45, 2.75) is 13.0 Å². The highest BCUT2D eigenvalue weighted by Crippen LogP contribution is 2.45. The lowest BCUT2D eigenvalue weighted by Crippen LogP contribution is -3.08. The number of fused-ring (bicyclic) bond motifs is 2. The molecule has 0 radical (unpaired) electrons. The van der Waals surface area contributed by atoms with Gasteiger partial charge in [0.1, 0.15) is 6.54 Å². The third-order valence-electron chi connectivity index (χ3n) is 3.32. The Kier molecular flexibility index (Phi) is 3.49. The average Bonchev–Trinajstić information content (AvgIpc) is 2.73. The van der Waals surface area contributed by atoms with Crippen molar-refractivity contribution in [2.75, 3.05) is 27.5 Å². The zero-order valence-electron chi connectivity index (χ0n) is 10.0. The fourth-order valence-electron chi connectivity index (χ4n) is 2.47. The van der Waals surface area contributed by atoms with Crippen molar-refractivity contribution in [2.24, 2.45) is 0 Å². The number of benzene rings is 1. The first-order valence-electron chi connectivity index (χ1n) is 5.59. The molecule has 1 atom stereocenters. The molecule has 0 aliphatic carbocycles. The summed E-state index contributed by atoms with van der Waals surface area (Å²) in [5, 5.41) is 0. The lowest BCUT2D eigenvalue weighted by atomic mass is 9.98. The molecule has 0 spiro atoms. The lowest BCUT2D eigenvalue weighted by Gasteiger charge is -2.24. The van der Waals surface area contributed by atoms with Crippen molar-refractivity contribution in [1.29, 1.82) is 0 Å². The Hall–Kier alpha value is -0.940. The highest BCUT2D eigenvalue weighted by Gasteiger charge is 2.29. The van der Waals surface area contributed by atoms with E-state index in [-0.39, 0.29) is 17.0 Å². The fraction of sp³-hybridized carbons (Fsp3) is 0.500. The molecule has 2 aliphatic rings. The van der Waals surface area contributed by atoms with Crippen LogP contribution in [0.4, 0.5) is 0 Å².